The quantitative estimate of drug-likeness (QED) is 0.851. The first-order valence-corrected chi connectivity index (χ1v) is 7.47. The van der Waals surface area contributed by atoms with Crippen LogP contribution in [0.25, 0.3) is 0 Å². The van der Waals surface area contributed by atoms with Gasteiger partial charge in [-0.15, -0.1) is 0 Å². The number of amides is 1. The molecule has 2 aromatic rings. The summed E-state index contributed by atoms with van der Waals surface area (Å²) in [7, 11) is 0. The Kier molecular flexibility index (Phi) is 4.11. The first-order chi connectivity index (χ1) is 10.5. The zero-order valence-corrected chi connectivity index (χ0v) is 12.8. The van der Waals surface area contributed by atoms with E-state index in [2.05, 4.69) is 10.1 Å². The lowest BCUT2D eigenvalue weighted by atomic mass is 9.97. The average Bonchev–Trinajstić information content (AvgIpc) is 2.93. The Labute approximate surface area is 132 Å². The standard InChI is InChI=1S/C15H15ClFN3O2/c1-9-18-14(22-19-9)10-3-2-6-20(8-10)15(21)12-5-4-11(16)7-13(12)17/h4-5,7,10H,2-3,6,8H2,1H3. The summed E-state index contributed by atoms with van der Waals surface area (Å²) in [6.45, 7) is 2.79. The van der Waals surface area contributed by atoms with Crippen LogP contribution in [0.15, 0.2) is 22.7 Å². The van der Waals surface area contributed by atoms with E-state index < -0.39 is 5.82 Å². The third-order valence-electron chi connectivity index (χ3n) is 3.76. The molecule has 1 aromatic heterocycles. The number of carbonyl (C=O) groups excluding carboxylic acids is 1. The molecule has 1 saturated heterocycles. The van der Waals surface area contributed by atoms with Crippen LogP contribution < -0.4 is 0 Å². The number of benzene rings is 1. The van der Waals surface area contributed by atoms with Crippen molar-refractivity contribution in [3.05, 3.63) is 46.3 Å². The van der Waals surface area contributed by atoms with Crippen molar-refractivity contribution in [3.8, 4) is 0 Å². The number of nitrogens with zero attached hydrogens (tertiary/aromatic N) is 3. The highest BCUT2D eigenvalue weighted by Gasteiger charge is 2.29. The van der Waals surface area contributed by atoms with Crippen LogP contribution in [-0.4, -0.2) is 34.0 Å². The van der Waals surface area contributed by atoms with E-state index in [1.54, 1.807) is 11.8 Å². The molecule has 1 aliphatic heterocycles. The van der Waals surface area contributed by atoms with E-state index in [-0.39, 0.29) is 22.4 Å². The molecular formula is C15H15ClFN3O2. The molecule has 1 amide bonds. The molecule has 1 fully saturated rings. The summed E-state index contributed by atoms with van der Waals surface area (Å²) < 4.78 is 19.1. The molecule has 7 heteroatoms. The van der Waals surface area contributed by atoms with Gasteiger partial charge in [-0.05, 0) is 38.0 Å². The monoisotopic (exact) mass is 323 g/mol. The van der Waals surface area contributed by atoms with Crippen LogP contribution in [-0.2, 0) is 0 Å². The van der Waals surface area contributed by atoms with Crippen molar-refractivity contribution < 1.29 is 13.7 Å². The molecule has 116 valence electrons. The van der Waals surface area contributed by atoms with E-state index in [1.807, 2.05) is 0 Å². The van der Waals surface area contributed by atoms with Crippen molar-refractivity contribution in [3.63, 3.8) is 0 Å². The third-order valence-corrected chi connectivity index (χ3v) is 4.00. The van der Waals surface area contributed by atoms with Crippen LogP contribution in [0.2, 0.25) is 5.02 Å². The van der Waals surface area contributed by atoms with Crippen LogP contribution in [0.3, 0.4) is 0 Å². The van der Waals surface area contributed by atoms with Crippen molar-refractivity contribution >= 4 is 17.5 Å². The van der Waals surface area contributed by atoms with Gasteiger partial charge in [0.05, 0.1) is 11.5 Å². The molecule has 0 saturated carbocycles. The molecule has 0 N–H and O–H groups in total. The van der Waals surface area contributed by atoms with Gasteiger partial charge in [-0.3, -0.25) is 4.79 Å². The second kappa shape index (κ2) is 6.04. The topological polar surface area (TPSA) is 59.2 Å². The molecule has 3 rings (SSSR count). The SMILES string of the molecule is Cc1noc(C2CCCN(C(=O)c3ccc(Cl)cc3F)C2)n1. The molecule has 1 aliphatic rings. The molecule has 0 aliphatic carbocycles. The van der Waals surface area contributed by atoms with Gasteiger partial charge in [-0.1, -0.05) is 16.8 Å². The normalized spacial score (nSPS) is 18.5. The molecule has 0 radical (unpaired) electrons. The molecule has 0 bridgehead atoms. The summed E-state index contributed by atoms with van der Waals surface area (Å²) in [6, 6.07) is 4.08. The molecule has 1 unspecified atom stereocenters. The smallest absolute Gasteiger partial charge is 0.256 e. The zero-order chi connectivity index (χ0) is 15.7. The average molecular weight is 324 g/mol. The lowest BCUT2D eigenvalue weighted by molar-refractivity contribution is 0.0691. The van der Waals surface area contributed by atoms with Gasteiger partial charge in [0.25, 0.3) is 5.91 Å². The van der Waals surface area contributed by atoms with Gasteiger partial charge in [0.1, 0.15) is 5.82 Å². The van der Waals surface area contributed by atoms with Crippen LogP contribution in [0.5, 0.6) is 0 Å². The highest BCUT2D eigenvalue weighted by Crippen LogP contribution is 2.27. The summed E-state index contributed by atoms with van der Waals surface area (Å²) in [5.41, 5.74) is 0.0340. The Morgan fingerprint density at radius 3 is 3.00 bits per heavy atom. The Balaban J connectivity index is 1.78. The Morgan fingerprint density at radius 1 is 1.50 bits per heavy atom. The highest BCUT2D eigenvalue weighted by atomic mass is 35.5. The predicted molar refractivity (Wildman–Crippen MR) is 78.3 cm³/mol. The summed E-state index contributed by atoms with van der Waals surface area (Å²) >= 11 is 5.72. The molecule has 1 aromatic carbocycles. The van der Waals surface area contributed by atoms with Crippen LogP contribution in [0.4, 0.5) is 4.39 Å². The number of halogens is 2. The fourth-order valence-corrected chi connectivity index (χ4v) is 2.83. The summed E-state index contributed by atoms with van der Waals surface area (Å²) in [4.78, 5) is 18.3. The number of hydrogen-bond donors (Lipinski definition) is 0. The molecular weight excluding hydrogens is 309 g/mol. The highest BCUT2D eigenvalue weighted by molar-refractivity contribution is 6.30. The fourth-order valence-electron chi connectivity index (χ4n) is 2.68. The van der Waals surface area contributed by atoms with E-state index in [9.17, 15) is 9.18 Å². The minimum atomic E-state index is -0.603. The number of piperidine rings is 1. The molecule has 2 heterocycles. The Morgan fingerprint density at radius 2 is 2.32 bits per heavy atom. The summed E-state index contributed by atoms with van der Waals surface area (Å²) in [6.07, 6.45) is 1.68. The van der Waals surface area contributed by atoms with Gasteiger partial charge in [0.2, 0.25) is 5.89 Å². The number of likely N-dealkylation sites (tertiary alicyclic amines) is 1. The summed E-state index contributed by atoms with van der Waals surface area (Å²) in [5, 5.41) is 4.05. The second-order valence-corrected chi connectivity index (χ2v) is 5.83. The van der Waals surface area contributed by atoms with Crippen molar-refractivity contribution in [1.82, 2.24) is 15.0 Å². The van der Waals surface area contributed by atoms with Gasteiger partial charge >= 0.3 is 0 Å². The predicted octanol–water partition coefficient (Wildman–Crippen LogP) is 3.19. The van der Waals surface area contributed by atoms with Crippen molar-refractivity contribution in [2.75, 3.05) is 13.1 Å². The van der Waals surface area contributed by atoms with Crippen molar-refractivity contribution in [2.45, 2.75) is 25.7 Å². The van der Waals surface area contributed by atoms with Crippen LogP contribution in [0.1, 0.15) is 40.8 Å². The van der Waals surface area contributed by atoms with Crippen molar-refractivity contribution in [1.29, 1.82) is 0 Å². The number of aromatic nitrogens is 2. The molecule has 22 heavy (non-hydrogen) atoms. The van der Waals surface area contributed by atoms with Crippen molar-refractivity contribution in [2.24, 2.45) is 0 Å². The van der Waals surface area contributed by atoms with E-state index in [4.69, 9.17) is 16.1 Å². The van der Waals surface area contributed by atoms with Gasteiger partial charge in [-0.25, -0.2) is 4.39 Å². The van der Waals surface area contributed by atoms with Crippen LogP contribution in [0, 0.1) is 12.7 Å². The van der Waals surface area contributed by atoms with Gasteiger partial charge in [0.15, 0.2) is 5.82 Å². The Hall–Kier alpha value is -1.95. The number of hydrogen-bond acceptors (Lipinski definition) is 4. The van der Waals surface area contributed by atoms with E-state index in [0.29, 0.717) is 24.8 Å². The number of aryl methyl sites for hydroxylation is 1. The zero-order valence-electron chi connectivity index (χ0n) is 12.1. The second-order valence-electron chi connectivity index (χ2n) is 5.39. The maximum atomic E-state index is 13.9. The lowest BCUT2D eigenvalue weighted by Gasteiger charge is -2.31. The van der Waals surface area contributed by atoms with Gasteiger partial charge in [0, 0.05) is 18.1 Å². The third kappa shape index (κ3) is 2.97. The van der Waals surface area contributed by atoms with Gasteiger partial charge in [-0.2, -0.15) is 4.98 Å². The minimum absolute atomic E-state index is 0.00531. The first kappa shape index (κ1) is 15.0. The maximum absolute atomic E-state index is 13.9. The molecule has 0 spiro atoms. The van der Waals surface area contributed by atoms with E-state index in [0.717, 1.165) is 18.9 Å². The Bertz CT molecular complexity index is 704. The largest absolute Gasteiger partial charge is 0.339 e. The molecule has 1 atom stereocenters. The maximum Gasteiger partial charge on any atom is 0.256 e. The van der Waals surface area contributed by atoms with Crippen LogP contribution >= 0.6 is 11.6 Å². The first-order valence-electron chi connectivity index (χ1n) is 7.09. The lowest BCUT2D eigenvalue weighted by Crippen LogP contribution is -2.39. The summed E-state index contributed by atoms with van der Waals surface area (Å²) in [5.74, 6) is 0.159. The van der Waals surface area contributed by atoms with E-state index >= 15 is 0 Å². The fraction of sp³-hybridized carbons (Fsp3) is 0.400. The van der Waals surface area contributed by atoms with Gasteiger partial charge < -0.3 is 9.42 Å². The minimum Gasteiger partial charge on any atom is -0.339 e. The molecule has 5 nitrogen and oxygen atoms in total. The number of carbonyl (C=O) groups is 1. The number of rotatable bonds is 2. The van der Waals surface area contributed by atoms with E-state index in [1.165, 1.54) is 12.1 Å².